The van der Waals surface area contributed by atoms with Gasteiger partial charge >= 0.3 is 0 Å². The molecule has 0 saturated carbocycles. The summed E-state index contributed by atoms with van der Waals surface area (Å²) >= 11 is 1.89. The third-order valence-electron chi connectivity index (χ3n) is 3.59. The maximum absolute atomic E-state index is 12.1. The number of carbonyl (C=O) groups excluding carboxylic acids is 1. The van der Waals surface area contributed by atoms with Gasteiger partial charge < -0.3 is 4.52 Å². The third-order valence-corrected chi connectivity index (χ3v) is 4.61. The molecule has 1 aromatic heterocycles. The molecule has 1 aromatic carbocycles. The van der Waals surface area contributed by atoms with E-state index in [-0.39, 0.29) is 18.2 Å². The molecule has 1 aliphatic heterocycles. The maximum Gasteiger partial charge on any atom is 0.234 e. The van der Waals surface area contributed by atoms with E-state index < -0.39 is 0 Å². The Labute approximate surface area is 127 Å². The van der Waals surface area contributed by atoms with E-state index in [2.05, 4.69) is 22.1 Å². The number of ketones is 1. The van der Waals surface area contributed by atoms with Gasteiger partial charge in [0, 0.05) is 23.6 Å². The van der Waals surface area contributed by atoms with Crippen LogP contribution in [0, 0.1) is 0 Å². The predicted molar refractivity (Wildman–Crippen MR) is 81.5 cm³/mol. The van der Waals surface area contributed by atoms with Crippen molar-refractivity contribution in [1.82, 2.24) is 15.0 Å². The van der Waals surface area contributed by atoms with Crippen LogP contribution in [0.5, 0.6) is 0 Å². The first-order valence-corrected chi connectivity index (χ1v) is 8.08. The minimum Gasteiger partial charge on any atom is -0.339 e. The number of rotatable bonds is 4. The zero-order chi connectivity index (χ0) is 14.7. The number of nitrogens with zero attached hydrogens (tertiary/aromatic N) is 3. The van der Waals surface area contributed by atoms with E-state index in [4.69, 9.17) is 4.52 Å². The first kappa shape index (κ1) is 14.3. The highest BCUT2D eigenvalue weighted by Crippen LogP contribution is 2.26. The van der Waals surface area contributed by atoms with E-state index in [0.29, 0.717) is 17.3 Å². The molecule has 1 saturated heterocycles. The van der Waals surface area contributed by atoms with Crippen LogP contribution in [0.4, 0.5) is 0 Å². The molecular formula is C15H17N3O2S. The average molecular weight is 303 g/mol. The smallest absolute Gasteiger partial charge is 0.234 e. The number of thioether (sulfide) groups is 1. The molecule has 1 fully saturated rings. The normalized spacial score (nSPS) is 19.6. The lowest BCUT2D eigenvalue weighted by Crippen LogP contribution is -2.33. The van der Waals surface area contributed by atoms with Crippen molar-refractivity contribution >= 4 is 17.5 Å². The van der Waals surface area contributed by atoms with Gasteiger partial charge in [-0.2, -0.15) is 16.7 Å². The number of benzene rings is 1. The average Bonchev–Trinajstić information content (AvgIpc) is 2.97. The molecular weight excluding hydrogens is 286 g/mol. The van der Waals surface area contributed by atoms with Gasteiger partial charge in [-0.25, -0.2) is 0 Å². The molecule has 0 spiro atoms. The van der Waals surface area contributed by atoms with Crippen molar-refractivity contribution in [3.05, 3.63) is 47.6 Å². The lowest BCUT2D eigenvalue weighted by Gasteiger charge is -2.29. The lowest BCUT2D eigenvalue weighted by atomic mass is 10.1. The summed E-state index contributed by atoms with van der Waals surface area (Å²) in [6.07, 6.45) is 0.153. The predicted octanol–water partition coefficient (Wildman–Crippen LogP) is 2.21. The molecule has 0 aliphatic carbocycles. The minimum atomic E-state index is -0.00262. The Bertz CT molecular complexity index is 614. The van der Waals surface area contributed by atoms with E-state index in [1.54, 1.807) is 12.1 Å². The Morgan fingerprint density at radius 1 is 1.43 bits per heavy atom. The van der Waals surface area contributed by atoms with Crippen molar-refractivity contribution in [1.29, 1.82) is 0 Å². The standard InChI is InChI=1S/C15H17N3O2S/c1-18-7-8-21-10-12(18)15-16-14(20-17-15)9-13(19)11-5-3-2-4-6-11/h2-6,12H,7-10H2,1H3. The highest BCUT2D eigenvalue weighted by atomic mass is 32.2. The van der Waals surface area contributed by atoms with Crippen LogP contribution in [0.3, 0.4) is 0 Å². The van der Waals surface area contributed by atoms with Gasteiger partial charge in [0.05, 0.1) is 12.5 Å². The van der Waals surface area contributed by atoms with Gasteiger partial charge in [-0.05, 0) is 7.05 Å². The van der Waals surface area contributed by atoms with Gasteiger partial charge in [-0.3, -0.25) is 9.69 Å². The molecule has 2 heterocycles. The number of Topliss-reactive ketones (excluding diaryl/α,β-unsaturated/α-hetero) is 1. The van der Waals surface area contributed by atoms with Crippen molar-refractivity contribution in [3.8, 4) is 0 Å². The molecule has 1 unspecified atom stereocenters. The molecule has 6 heteroatoms. The highest BCUT2D eigenvalue weighted by molar-refractivity contribution is 7.99. The molecule has 0 radical (unpaired) electrons. The van der Waals surface area contributed by atoms with Crippen LogP contribution in [0.2, 0.25) is 0 Å². The number of carbonyl (C=O) groups is 1. The topological polar surface area (TPSA) is 59.2 Å². The molecule has 0 bridgehead atoms. The lowest BCUT2D eigenvalue weighted by molar-refractivity contribution is 0.0983. The molecule has 1 atom stereocenters. The van der Waals surface area contributed by atoms with Gasteiger partial charge in [0.25, 0.3) is 0 Å². The SMILES string of the molecule is CN1CCSCC1c1noc(CC(=O)c2ccccc2)n1. The van der Waals surface area contributed by atoms with Crippen LogP contribution in [0.25, 0.3) is 0 Å². The Kier molecular flexibility index (Phi) is 4.36. The van der Waals surface area contributed by atoms with Crippen molar-refractivity contribution in [3.63, 3.8) is 0 Å². The molecule has 0 amide bonds. The van der Waals surface area contributed by atoms with Gasteiger partial charge in [-0.1, -0.05) is 35.5 Å². The summed E-state index contributed by atoms with van der Waals surface area (Å²) in [7, 11) is 2.07. The van der Waals surface area contributed by atoms with E-state index in [1.807, 2.05) is 30.0 Å². The third kappa shape index (κ3) is 3.33. The molecule has 0 N–H and O–H groups in total. The zero-order valence-corrected chi connectivity index (χ0v) is 12.7. The fourth-order valence-electron chi connectivity index (χ4n) is 2.30. The first-order valence-electron chi connectivity index (χ1n) is 6.93. The van der Waals surface area contributed by atoms with Crippen LogP contribution in [-0.4, -0.2) is 45.9 Å². The van der Waals surface area contributed by atoms with E-state index in [1.165, 1.54) is 0 Å². The van der Waals surface area contributed by atoms with Gasteiger partial charge in [0.2, 0.25) is 5.89 Å². The monoisotopic (exact) mass is 303 g/mol. The second-order valence-electron chi connectivity index (χ2n) is 5.08. The fourth-order valence-corrected chi connectivity index (χ4v) is 3.51. The van der Waals surface area contributed by atoms with Gasteiger partial charge in [0.15, 0.2) is 11.6 Å². The van der Waals surface area contributed by atoms with Crippen molar-refractivity contribution in [2.45, 2.75) is 12.5 Å². The maximum atomic E-state index is 12.1. The van der Waals surface area contributed by atoms with Crippen molar-refractivity contribution < 1.29 is 9.32 Å². The van der Waals surface area contributed by atoms with Crippen molar-refractivity contribution in [2.24, 2.45) is 0 Å². The van der Waals surface area contributed by atoms with E-state index >= 15 is 0 Å². The van der Waals surface area contributed by atoms with Gasteiger partial charge in [0.1, 0.15) is 0 Å². The van der Waals surface area contributed by atoms with E-state index in [9.17, 15) is 4.79 Å². The van der Waals surface area contributed by atoms with Crippen LogP contribution in [-0.2, 0) is 6.42 Å². The highest BCUT2D eigenvalue weighted by Gasteiger charge is 2.26. The zero-order valence-electron chi connectivity index (χ0n) is 11.9. The second-order valence-corrected chi connectivity index (χ2v) is 6.23. The summed E-state index contributed by atoms with van der Waals surface area (Å²) in [6.45, 7) is 1.02. The first-order chi connectivity index (χ1) is 10.2. The minimum absolute atomic E-state index is 0.00262. The summed E-state index contributed by atoms with van der Waals surface area (Å²) in [5.74, 6) is 3.16. The summed E-state index contributed by atoms with van der Waals surface area (Å²) in [5, 5.41) is 4.04. The van der Waals surface area contributed by atoms with Crippen molar-refractivity contribution in [2.75, 3.05) is 25.1 Å². The van der Waals surface area contributed by atoms with Crippen LogP contribution >= 0.6 is 11.8 Å². The number of aromatic nitrogens is 2. The summed E-state index contributed by atoms with van der Waals surface area (Å²) in [5.41, 5.74) is 0.669. The second kappa shape index (κ2) is 6.41. The quantitative estimate of drug-likeness (QED) is 0.807. The molecule has 5 nitrogen and oxygen atoms in total. The fraction of sp³-hybridized carbons (Fsp3) is 0.400. The summed E-state index contributed by atoms with van der Waals surface area (Å²) < 4.78 is 5.24. The molecule has 3 rings (SSSR count). The Balaban J connectivity index is 1.69. The molecule has 2 aromatic rings. The molecule has 110 valence electrons. The number of hydrogen-bond donors (Lipinski definition) is 0. The Hall–Kier alpha value is -1.66. The van der Waals surface area contributed by atoms with E-state index in [0.717, 1.165) is 18.1 Å². The van der Waals surface area contributed by atoms with Gasteiger partial charge in [-0.15, -0.1) is 0 Å². The number of hydrogen-bond acceptors (Lipinski definition) is 6. The molecule has 21 heavy (non-hydrogen) atoms. The summed E-state index contributed by atoms with van der Waals surface area (Å²) in [4.78, 5) is 18.7. The Morgan fingerprint density at radius 2 is 2.24 bits per heavy atom. The van der Waals surface area contributed by atoms with Crippen LogP contribution in [0.15, 0.2) is 34.9 Å². The van der Waals surface area contributed by atoms with Crippen LogP contribution in [0.1, 0.15) is 28.1 Å². The largest absolute Gasteiger partial charge is 0.339 e. The Morgan fingerprint density at radius 3 is 3.00 bits per heavy atom. The summed E-state index contributed by atoms with van der Waals surface area (Å²) in [6, 6.07) is 9.35. The molecule has 1 aliphatic rings. The van der Waals surface area contributed by atoms with Crippen LogP contribution < -0.4 is 0 Å².